The predicted molar refractivity (Wildman–Crippen MR) is 59.7 cm³/mol. The Labute approximate surface area is 96.8 Å². The molecule has 0 aliphatic heterocycles. The van der Waals surface area contributed by atoms with Gasteiger partial charge in [0.05, 0.1) is 0 Å². The van der Waals surface area contributed by atoms with E-state index in [0.29, 0.717) is 0 Å². The third-order valence-electron chi connectivity index (χ3n) is 1.31. The summed E-state index contributed by atoms with van der Waals surface area (Å²) >= 11 is 0.285. The zero-order chi connectivity index (χ0) is 7.61. The van der Waals surface area contributed by atoms with E-state index in [1.165, 1.54) is 6.42 Å². The van der Waals surface area contributed by atoms with Gasteiger partial charge in [0, 0.05) is 0 Å². The van der Waals surface area contributed by atoms with Crippen molar-refractivity contribution in [1.29, 1.82) is 0 Å². The van der Waals surface area contributed by atoms with Crippen molar-refractivity contribution in [3.8, 4) is 0 Å². The van der Waals surface area contributed by atoms with Crippen molar-refractivity contribution in [3.05, 3.63) is 22.1 Å². The van der Waals surface area contributed by atoms with E-state index < -0.39 is 5.94 Å². The van der Waals surface area contributed by atoms with Crippen molar-refractivity contribution in [2.75, 3.05) is 0 Å². The first-order valence-corrected chi connectivity index (χ1v) is 10.3. The molecule has 0 aromatic rings. The van der Waals surface area contributed by atoms with Gasteiger partial charge in [-0.1, -0.05) is 0 Å². The fraction of sp³-hybridized carbons (Fsp3) is 0.500. The number of allylic oxidation sites excluding steroid dienone is 4. The first-order valence-electron chi connectivity index (χ1n) is 3.72. The van der Waals surface area contributed by atoms with Crippen LogP contribution in [0.25, 0.3) is 0 Å². The topological polar surface area (TPSA) is 0 Å². The van der Waals surface area contributed by atoms with Gasteiger partial charge in [0.25, 0.3) is 0 Å². The Balaban J connectivity index is 0. The van der Waals surface area contributed by atoms with Crippen LogP contribution in [0.4, 0.5) is 0 Å². The van der Waals surface area contributed by atoms with Crippen molar-refractivity contribution in [1.82, 2.24) is 0 Å². The van der Waals surface area contributed by atoms with Crippen molar-refractivity contribution in [3.63, 3.8) is 0 Å². The van der Waals surface area contributed by atoms with Crippen LogP contribution in [0.15, 0.2) is 22.1 Å². The summed E-state index contributed by atoms with van der Waals surface area (Å²) in [7, 11) is 0. The third kappa shape index (κ3) is 6.50. The SMILES string of the molecule is C[Si](C)(C)[Ti][C]1=CC=CC1.Cl.Cl. The smallest absolute Gasteiger partial charge is 0.147 e. The molecule has 1 rings (SSSR count). The summed E-state index contributed by atoms with van der Waals surface area (Å²) < 4.78 is 1.76. The summed E-state index contributed by atoms with van der Waals surface area (Å²) in [5.41, 5.74) is 0. The van der Waals surface area contributed by atoms with Crippen LogP contribution < -0.4 is 0 Å². The van der Waals surface area contributed by atoms with E-state index in [0.717, 1.165) is 0 Å². The average Bonchev–Trinajstić information content (AvgIpc) is 2.12. The molecule has 0 bridgehead atoms. The van der Waals surface area contributed by atoms with Crippen molar-refractivity contribution in [2.45, 2.75) is 26.1 Å². The Kier molecular flexibility index (Phi) is 8.31. The van der Waals surface area contributed by atoms with Crippen LogP contribution in [0.2, 0.25) is 19.6 Å². The molecule has 0 spiro atoms. The Morgan fingerprint density at radius 1 is 1.25 bits per heavy atom. The fourth-order valence-corrected chi connectivity index (χ4v) is 7.89. The molecule has 4 heteroatoms. The van der Waals surface area contributed by atoms with E-state index in [2.05, 4.69) is 37.9 Å². The number of rotatable bonds is 2. The average molecular weight is 259 g/mol. The Bertz CT molecular complexity index is 182. The molecule has 0 nitrogen and oxygen atoms in total. The quantitative estimate of drug-likeness (QED) is 0.665. The second-order valence-corrected chi connectivity index (χ2v) is 17.7. The second kappa shape index (κ2) is 6.45. The minimum absolute atomic E-state index is 0. The first kappa shape index (κ1) is 15.5. The molecule has 0 aromatic carbocycles. The molecule has 0 aromatic heterocycles. The van der Waals surface area contributed by atoms with Crippen LogP contribution in [-0.2, 0) is 18.4 Å². The van der Waals surface area contributed by atoms with E-state index in [1.807, 2.05) is 0 Å². The third-order valence-corrected chi connectivity index (χ3v) is 7.97. The molecule has 0 unspecified atom stereocenters. The molecule has 0 atom stereocenters. The summed E-state index contributed by atoms with van der Waals surface area (Å²) in [6.45, 7) is 7.44. The van der Waals surface area contributed by atoms with E-state index in [9.17, 15) is 0 Å². The fourth-order valence-electron chi connectivity index (χ4n) is 1.02. The van der Waals surface area contributed by atoms with Crippen LogP contribution >= 0.6 is 24.8 Å². The molecule has 1 aliphatic carbocycles. The Morgan fingerprint density at radius 3 is 2.17 bits per heavy atom. The van der Waals surface area contributed by atoms with Crippen LogP contribution in [0.5, 0.6) is 0 Å². The molecule has 0 saturated heterocycles. The number of hydrogen-bond donors (Lipinski definition) is 0. The minimum Gasteiger partial charge on any atom is -0.147 e. The molecular formula is C8H16Cl2SiTi. The summed E-state index contributed by atoms with van der Waals surface area (Å²) in [6.07, 6.45) is 8.08. The van der Waals surface area contributed by atoms with E-state index in [4.69, 9.17) is 0 Å². The van der Waals surface area contributed by atoms with Gasteiger partial charge in [0.2, 0.25) is 0 Å². The summed E-state index contributed by atoms with van der Waals surface area (Å²) in [4.78, 5) is 0. The molecule has 0 radical (unpaired) electrons. The molecule has 0 fully saturated rings. The minimum atomic E-state index is -0.706. The predicted octanol–water partition coefficient (Wildman–Crippen LogP) is 3.59. The summed E-state index contributed by atoms with van der Waals surface area (Å²) in [6, 6.07) is 0. The number of halogens is 2. The molecule has 0 amide bonds. The molecule has 0 saturated carbocycles. The van der Waals surface area contributed by atoms with Gasteiger partial charge in [-0.05, 0) is 0 Å². The van der Waals surface area contributed by atoms with Gasteiger partial charge in [0.1, 0.15) is 0 Å². The monoisotopic (exact) mass is 258 g/mol. The van der Waals surface area contributed by atoms with Crippen molar-refractivity contribution >= 4 is 30.8 Å². The van der Waals surface area contributed by atoms with Crippen molar-refractivity contribution < 1.29 is 18.4 Å². The van der Waals surface area contributed by atoms with Crippen LogP contribution in [0.1, 0.15) is 6.42 Å². The maximum absolute atomic E-state index is 2.48. The van der Waals surface area contributed by atoms with E-state index in [-0.39, 0.29) is 43.2 Å². The van der Waals surface area contributed by atoms with Gasteiger partial charge in [-0.15, -0.1) is 24.8 Å². The second-order valence-electron chi connectivity index (χ2n) is 3.70. The van der Waals surface area contributed by atoms with Gasteiger partial charge in [0.15, 0.2) is 0 Å². The molecular weight excluding hydrogens is 243 g/mol. The summed E-state index contributed by atoms with van der Waals surface area (Å²) in [5, 5.41) is 0. The van der Waals surface area contributed by atoms with Crippen LogP contribution in [0.3, 0.4) is 0 Å². The first-order chi connectivity index (χ1) is 4.58. The van der Waals surface area contributed by atoms with Crippen LogP contribution in [-0.4, -0.2) is 5.94 Å². The maximum Gasteiger partial charge on any atom is -0.147 e. The Hall–Kier alpha value is 0.991. The molecule has 0 heterocycles. The largest absolute Gasteiger partial charge is 0.147 e. The zero-order valence-corrected chi connectivity index (χ0v) is 12.0. The van der Waals surface area contributed by atoms with Gasteiger partial charge in [-0.2, -0.15) is 0 Å². The van der Waals surface area contributed by atoms with Gasteiger partial charge >= 0.3 is 72.5 Å². The zero-order valence-electron chi connectivity index (χ0n) is 7.76. The van der Waals surface area contributed by atoms with Gasteiger partial charge in [-0.25, -0.2) is 0 Å². The van der Waals surface area contributed by atoms with Crippen LogP contribution in [0, 0.1) is 0 Å². The number of hydrogen-bond acceptors (Lipinski definition) is 0. The van der Waals surface area contributed by atoms with E-state index >= 15 is 0 Å². The Morgan fingerprint density at radius 2 is 1.83 bits per heavy atom. The normalized spacial score (nSPS) is 14.4. The summed E-state index contributed by atoms with van der Waals surface area (Å²) in [5.74, 6) is -0.706. The maximum atomic E-state index is 2.48. The molecule has 12 heavy (non-hydrogen) atoms. The van der Waals surface area contributed by atoms with E-state index in [1.54, 1.807) is 3.88 Å². The molecule has 0 N–H and O–H groups in total. The standard InChI is InChI=1S/C5H5.C3H9Si.2ClH.Ti/c1-2-4-5-3-1;1-4(2)3;;;/h1-3H,4H2;1-3H3;2*1H;. The van der Waals surface area contributed by atoms with Gasteiger partial charge < -0.3 is 0 Å². The molecule has 1 aliphatic rings. The van der Waals surface area contributed by atoms with Gasteiger partial charge in [-0.3, -0.25) is 0 Å². The van der Waals surface area contributed by atoms with Crippen molar-refractivity contribution in [2.24, 2.45) is 0 Å². The molecule has 70 valence electrons.